The van der Waals surface area contributed by atoms with E-state index in [2.05, 4.69) is 73.7 Å². The highest BCUT2D eigenvalue weighted by atomic mass is 32.1. The van der Waals surface area contributed by atoms with E-state index in [-0.39, 0.29) is 6.04 Å². The Balaban J connectivity index is 1.67. The lowest BCUT2D eigenvalue weighted by Gasteiger charge is -2.37. The van der Waals surface area contributed by atoms with Gasteiger partial charge in [0.1, 0.15) is 0 Å². The summed E-state index contributed by atoms with van der Waals surface area (Å²) >= 11 is 7.41. The van der Waals surface area contributed by atoms with Crippen molar-refractivity contribution in [2.45, 2.75) is 26.8 Å². The molecule has 2 aromatic heterocycles. The Morgan fingerprint density at radius 3 is 2.53 bits per heavy atom. The van der Waals surface area contributed by atoms with Gasteiger partial charge in [0.15, 0.2) is 5.11 Å². The summed E-state index contributed by atoms with van der Waals surface area (Å²) in [7, 11) is 0. The molecule has 2 aromatic carbocycles. The van der Waals surface area contributed by atoms with E-state index in [0.717, 1.165) is 33.0 Å². The lowest BCUT2D eigenvalue weighted by molar-refractivity contribution is 0.404. The Labute approximate surface area is 196 Å². The molecule has 1 atom stereocenters. The highest BCUT2D eigenvalue weighted by Gasteiger charge is 2.34. The molecule has 160 valence electrons. The number of nitrogens with zero attached hydrogens (tertiary/aromatic N) is 3. The van der Waals surface area contributed by atoms with Crippen molar-refractivity contribution in [3.05, 3.63) is 94.3 Å². The molecule has 4 aromatic rings. The van der Waals surface area contributed by atoms with Gasteiger partial charge in [-0.1, -0.05) is 53.2 Å². The number of aromatic nitrogens is 2. The van der Waals surface area contributed by atoms with Crippen molar-refractivity contribution in [2.75, 3.05) is 4.90 Å². The molecule has 0 spiro atoms. The zero-order valence-corrected chi connectivity index (χ0v) is 19.6. The predicted molar refractivity (Wildman–Crippen MR) is 134 cm³/mol. The maximum absolute atomic E-state index is 5.82. The number of aryl methyl sites for hydroxylation is 2. The van der Waals surface area contributed by atoms with Gasteiger partial charge in [0.25, 0.3) is 5.89 Å². The summed E-state index contributed by atoms with van der Waals surface area (Å²) < 4.78 is 5.79. The Morgan fingerprint density at radius 1 is 1.00 bits per heavy atom. The number of allylic oxidation sites excluding steroid dienone is 1. The molecular weight excluding hydrogens is 436 g/mol. The second-order valence-corrected chi connectivity index (χ2v) is 9.20. The summed E-state index contributed by atoms with van der Waals surface area (Å²) in [5.41, 5.74) is 6.34. The fourth-order valence-electron chi connectivity index (χ4n) is 3.95. The molecule has 1 aliphatic rings. The van der Waals surface area contributed by atoms with Gasteiger partial charge >= 0.3 is 0 Å². The summed E-state index contributed by atoms with van der Waals surface area (Å²) in [6, 6.07) is 20.5. The summed E-state index contributed by atoms with van der Waals surface area (Å²) in [4.78, 5) is 7.77. The van der Waals surface area contributed by atoms with E-state index in [9.17, 15) is 0 Å². The van der Waals surface area contributed by atoms with Crippen LogP contribution in [0.4, 0.5) is 5.69 Å². The molecule has 1 N–H and O–H groups in total. The number of anilines is 1. The summed E-state index contributed by atoms with van der Waals surface area (Å²) in [6.07, 6.45) is 0. The number of nitrogens with one attached hydrogen (secondary N) is 1. The van der Waals surface area contributed by atoms with Gasteiger partial charge in [-0.15, -0.1) is 11.3 Å². The molecule has 0 radical (unpaired) electrons. The minimum atomic E-state index is -0.194. The average Bonchev–Trinajstić information content (AvgIpc) is 3.46. The van der Waals surface area contributed by atoms with Crippen LogP contribution in [0.2, 0.25) is 0 Å². The van der Waals surface area contributed by atoms with Crippen LogP contribution in [0.5, 0.6) is 0 Å². The fourth-order valence-corrected chi connectivity index (χ4v) is 4.96. The molecule has 32 heavy (non-hydrogen) atoms. The molecule has 0 bridgehead atoms. The van der Waals surface area contributed by atoms with E-state index in [1.54, 1.807) is 11.3 Å². The second kappa shape index (κ2) is 8.33. The molecule has 0 amide bonds. The lowest BCUT2D eigenvalue weighted by atomic mass is 9.94. The largest absolute Gasteiger partial charge is 0.351 e. The van der Waals surface area contributed by atoms with E-state index < -0.39 is 0 Å². The van der Waals surface area contributed by atoms with Gasteiger partial charge < -0.3 is 9.84 Å². The van der Waals surface area contributed by atoms with Gasteiger partial charge in [-0.25, -0.2) is 0 Å². The van der Waals surface area contributed by atoms with Crippen molar-refractivity contribution >= 4 is 39.9 Å². The summed E-state index contributed by atoms with van der Waals surface area (Å²) in [5.74, 6) is 1.08. The summed E-state index contributed by atoms with van der Waals surface area (Å²) in [6.45, 7) is 6.21. The number of rotatable bonds is 4. The van der Waals surface area contributed by atoms with Crippen molar-refractivity contribution in [3.63, 3.8) is 0 Å². The average molecular weight is 459 g/mol. The van der Waals surface area contributed by atoms with Crippen molar-refractivity contribution in [1.82, 2.24) is 15.5 Å². The number of benzene rings is 2. The van der Waals surface area contributed by atoms with Crippen LogP contribution in [0.15, 0.2) is 76.3 Å². The molecule has 5 nitrogen and oxygen atoms in total. The Hall–Kier alpha value is -3.29. The van der Waals surface area contributed by atoms with Crippen molar-refractivity contribution in [2.24, 2.45) is 0 Å². The molecular formula is C25H22N4OS2. The van der Waals surface area contributed by atoms with Crippen molar-refractivity contribution in [1.29, 1.82) is 0 Å². The zero-order valence-electron chi connectivity index (χ0n) is 18.0. The molecule has 5 rings (SSSR count). The third kappa shape index (κ3) is 3.74. The van der Waals surface area contributed by atoms with Gasteiger partial charge in [-0.05, 0) is 67.7 Å². The molecule has 1 aliphatic heterocycles. The first kappa shape index (κ1) is 20.6. The van der Waals surface area contributed by atoms with Crippen LogP contribution in [0.1, 0.15) is 35.5 Å². The molecule has 1 unspecified atom stereocenters. The van der Waals surface area contributed by atoms with E-state index in [1.165, 1.54) is 5.56 Å². The highest BCUT2D eigenvalue weighted by molar-refractivity contribution is 7.80. The van der Waals surface area contributed by atoms with Crippen molar-refractivity contribution < 1.29 is 4.52 Å². The van der Waals surface area contributed by atoms with Crippen LogP contribution in [-0.2, 0) is 0 Å². The second-order valence-electron chi connectivity index (χ2n) is 7.87. The van der Waals surface area contributed by atoms with Crippen LogP contribution >= 0.6 is 23.6 Å². The summed E-state index contributed by atoms with van der Waals surface area (Å²) in [5, 5.41) is 10.4. The quantitative estimate of drug-likeness (QED) is 0.363. The van der Waals surface area contributed by atoms with Crippen LogP contribution in [-0.4, -0.2) is 15.3 Å². The maximum Gasteiger partial charge on any atom is 0.258 e. The van der Waals surface area contributed by atoms with Gasteiger partial charge in [-0.2, -0.15) is 4.98 Å². The third-order valence-corrected chi connectivity index (χ3v) is 6.72. The smallest absolute Gasteiger partial charge is 0.258 e. The van der Waals surface area contributed by atoms with E-state index in [0.29, 0.717) is 16.8 Å². The SMILES string of the molecule is CC1=C(c2nc(-c3cccs3)no2)C(c2ccc(C)cc2)NC(=S)N1c1cccc(C)c1. The molecule has 7 heteroatoms. The topological polar surface area (TPSA) is 54.2 Å². The Morgan fingerprint density at radius 2 is 1.81 bits per heavy atom. The number of thiocarbonyl (C=S) groups is 1. The van der Waals surface area contributed by atoms with E-state index in [1.807, 2.05) is 28.5 Å². The van der Waals surface area contributed by atoms with Crippen molar-refractivity contribution in [3.8, 4) is 10.7 Å². The zero-order chi connectivity index (χ0) is 22.2. The molecule has 0 aliphatic carbocycles. The fraction of sp³-hybridized carbons (Fsp3) is 0.160. The Bertz CT molecular complexity index is 1310. The van der Waals surface area contributed by atoms with E-state index >= 15 is 0 Å². The van der Waals surface area contributed by atoms with Gasteiger partial charge in [-0.3, -0.25) is 4.90 Å². The van der Waals surface area contributed by atoms with Gasteiger partial charge in [0, 0.05) is 11.4 Å². The number of thiophene rings is 1. The van der Waals surface area contributed by atoms with Crippen LogP contribution in [0, 0.1) is 13.8 Å². The van der Waals surface area contributed by atoms with Gasteiger partial charge in [0.05, 0.1) is 16.5 Å². The molecule has 0 fully saturated rings. The van der Waals surface area contributed by atoms with Crippen LogP contribution in [0.3, 0.4) is 0 Å². The first-order valence-corrected chi connectivity index (χ1v) is 11.6. The standard InChI is InChI=1S/C25H22N4OS2/c1-15-9-11-18(12-10-15)22-21(24-27-23(28-30-24)20-8-5-13-32-20)17(3)29(25(31)26-22)19-7-4-6-16(2)14-19/h4-14,22H,1-3H3,(H,26,31). The van der Waals surface area contributed by atoms with E-state index in [4.69, 9.17) is 21.7 Å². The first-order valence-electron chi connectivity index (χ1n) is 10.3. The predicted octanol–water partition coefficient (Wildman–Crippen LogP) is 6.28. The highest BCUT2D eigenvalue weighted by Crippen LogP contribution is 2.39. The molecule has 0 saturated heterocycles. The Kier molecular flexibility index (Phi) is 5.36. The van der Waals surface area contributed by atoms with Crippen LogP contribution in [0.25, 0.3) is 16.3 Å². The first-order chi connectivity index (χ1) is 15.5. The third-order valence-electron chi connectivity index (χ3n) is 5.55. The number of hydrogen-bond donors (Lipinski definition) is 1. The van der Waals surface area contributed by atoms with Crippen LogP contribution < -0.4 is 10.2 Å². The number of hydrogen-bond acceptors (Lipinski definition) is 5. The minimum Gasteiger partial charge on any atom is -0.351 e. The normalized spacial score (nSPS) is 16.4. The monoisotopic (exact) mass is 458 g/mol. The maximum atomic E-state index is 5.82. The molecule has 3 heterocycles. The molecule has 0 saturated carbocycles. The lowest BCUT2D eigenvalue weighted by Crippen LogP contribution is -2.46. The minimum absolute atomic E-state index is 0.194. The van der Waals surface area contributed by atoms with Gasteiger partial charge in [0.2, 0.25) is 5.82 Å².